The summed E-state index contributed by atoms with van der Waals surface area (Å²) in [6, 6.07) is 15.9. The number of anilines is 2. The minimum absolute atomic E-state index is 0.730. The first kappa shape index (κ1) is 12.5. The highest BCUT2D eigenvalue weighted by Crippen LogP contribution is 2.22. The van der Waals surface area contributed by atoms with E-state index in [-0.39, 0.29) is 0 Å². The van der Waals surface area contributed by atoms with Gasteiger partial charge in [-0.05, 0) is 30.7 Å². The number of aromatic nitrogens is 2. The Balaban J connectivity index is 1.79. The largest absolute Gasteiger partial charge is 0.494 e. The van der Waals surface area contributed by atoms with Crippen LogP contribution >= 0.6 is 0 Å². The van der Waals surface area contributed by atoms with Crippen molar-refractivity contribution in [3.05, 3.63) is 48.5 Å². The molecule has 102 valence electrons. The number of fused-ring (bicyclic) bond motifs is 1. The predicted molar refractivity (Wildman–Crippen MR) is 81.6 cm³/mol. The highest BCUT2D eigenvalue weighted by Gasteiger charge is 2.03. The summed E-state index contributed by atoms with van der Waals surface area (Å²) in [6.07, 6.45) is 1.00. The molecule has 0 atom stereocenters. The van der Waals surface area contributed by atoms with Gasteiger partial charge in [0.15, 0.2) is 0 Å². The molecule has 4 nitrogen and oxygen atoms in total. The first-order valence-electron chi connectivity index (χ1n) is 6.80. The average Bonchev–Trinajstić information content (AvgIpc) is 2.87. The summed E-state index contributed by atoms with van der Waals surface area (Å²) in [5, 5.41) is 3.26. The van der Waals surface area contributed by atoms with Crippen molar-refractivity contribution in [3.8, 4) is 5.75 Å². The van der Waals surface area contributed by atoms with Crippen LogP contribution in [0.2, 0.25) is 0 Å². The van der Waals surface area contributed by atoms with Crippen LogP contribution < -0.4 is 10.1 Å². The topological polar surface area (TPSA) is 49.9 Å². The highest BCUT2D eigenvalue weighted by molar-refractivity contribution is 5.78. The highest BCUT2D eigenvalue weighted by atomic mass is 16.5. The Kier molecular flexibility index (Phi) is 3.54. The third-order valence-corrected chi connectivity index (χ3v) is 2.96. The Morgan fingerprint density at radius 2 is 2.05 bits per heavy atom. The predicted octanol–water partition coefficient (Wildman–Crippen LogP) is 4.10. The molecule has 0 saturated heterocycles. The number of hydrogen-bond donors (Lipinski definition) is 2. The van der Waals surface area contributed by atoms with E-state index in [1.165, 1.54) is 0 Å². The van der Waals surface area contributed by atoms with Crippen LogP contribution in [-0.4, -0.2) is 16.6 Å². The fourth-order valence-electron chi connectivity index (χ4n) is 2.03. The smallest absolute Gasteiger partial charge is 0.205 e. The molecule has 0 fully saturated rings. The number of imidazole rings is 1. The van der Waals surface area contributed by atoms with Gasteiger partial charge in [0.2, 0.25) is 5.95 Å². The molecule has 2 aromatic carbocycles. The number of H-pyrrole nitrogens is 1. The molecule has 1 heterocycles. The van der Waals surface area contributed by atoms with Crippen LogP contribution in [0.25, 0.3) is 11.0 Å². The first-order chi connectivity index (χ1) is 9.85. The van der Waals surface area contributed by atoms with Gasteiger partial charge in [-0.3, -0.25) is 0 Å². The molecule has 2 N–H and O–H groups in total. The normalized spacial score (nSPS) is 10.7. The number of benzene rings is 2. The van der Waals surface area contributed by atoms with Gasteiger partial charge in [0.05, 0.1) is 17.6 Å². The Morgan fingerprint density at radius 3 is 2.90 bits per heavy atom. The summed E-state index contributed by atoms with van der Waals surface area (Å²) in [5.41, 5.74) is 2.93. The molecule has 4 heteroatoms. The maximum absolute atomic E-state index is 5.62. The molecule has 0 aliphatic heterocycles. The third-order valence-electron chi connectivity index (χ3n) is 2.96. The van der Waals surface area contributed by atoms with E-state index < -0.39 is 0 Å². The van der Waals surface area contributed by atoms with Gasteiger partial charge in [0, 0.05) is 11.8 Å². The lowest BCUT2D eigenvalue weighted by molar-refractivity contribution is 0.317. The van der Waals surface area contributed by atoms with Crippen molar-refractivity contribution in [1.82, 2.24) is 9.97 Å². The zero-order valence-corrected chi connectivity index (χ0v) is 11.4. The molecule has 0 aliphatic rings. The summed E-state index contributed by atoms with van der Waals surface area (Å²) in [6.45, 7) is 2.82. The molecule has 0 saturated carbocycles. The van der Waals surface area contributed by atoms with E-state index in [1.54, 1.807) is 0 Å². The number of hydrogen-bond acceptors (Lipinski definition) is 3. The Morgan fingerprint density at radius 1 is 1.15 bits per heavy atom. The summed E-state index contributed by atoms with van der Waals surface area (Å²) >= 11 is 0. The van der Waals surface area contributed by atoms with Crippen molar-refractivity contribution in [2.75, 3.05) is 11.9 Å². The monoisotopic (exact) mass is 267 g/mol. The van der Waals surface area contributed by atoms with Crippen molar-refractivity contribution in [3.63, 3.8) is 0 Å². The van der Waals surface area contributed by atoms with E-state index >= 15 is 0 Å². The van der Waals surface area contributed by atoms with Gasteiger partial charge in [0.25, 0.3) is 0 Å². The van der Waals surface area contributed by atoms with Crippen LogP contribution in [0.1, 0.15) is 13.3 Å². The second-order valence-electron chi connectivity index (χ2n) is 4.60. The van der Waals surface area contributed by atoms with Gasteiger partial charge in [-0.2, -0.15) is 0 Å². The molecular formula is C16H17N3O. The van der Waals surface area contributed by atoms with Crippen molar-refractivity contribution in [1.29, 1.82) is 0 Å². The molecule has 0 aliphatic carbocycles. The maximum Gasteiger partial charge on any atom is 0.205 e. The molecule has 0 bridgehead atoms. The number of nitrogens with one attached hydrogen (secondary N) is 2. The van der Waals surface area contributed by atoms with Crippen LogP contribution in [0, 0.1) is 0 Å². The fourth-order valence-corrected chi connectivity index (χ4v) is 2.03. The molecule has 1 aromatic heterocycles. The number of nitrogens with zero attached hydrogens (tertiary/aromatic N) is 1. The second kappa shape index (κ2) is 5.65. The van der Waals surface area contributed by atoms with E-state index in [0.717, 1.165) is 41.4 Å². The van der Waals surface area contributed by atoms with Crippen molar-refractivity contribution >= 4 is 22.7 Å². The van der Waals surface area contributed by atoms with Crippen LogP contribution in [0.5, 0.6) is 5.75 Å². The van der Waals surface area contributed by atoms with E-state index in [9.17, 15) is 0 Å². The molecular weight excluding hydrogens is 250 g/mol. The minimum atomic E-state index is 0.730. The second-order valence-corrected chi connectivity index (χ2v) is 4.60. The van der Waals surface area contributed by atoms with Crippen LogP contribution in [0.4, 0.5) is 11.6 Å². The van der Waals surface area contributed by atoms with Crippen molar-refractivity contribution in [2.24, 2.45) is 0 Å². The quantitative estimate of drug-likeness (QED) is 0.732. The van der Waals surface area contributed by atoms with E-state index in [2.05, 4.69) is 22.2 Å². The number of para-hydroxylation sites is 2. The van der Waals surface area contributed by atoms with Gasteiger partial charge in [-0.15, -0.1) is 0 Å². The third kappa shape index (κ3) is 2.74. The number of ether oxygens (including phenoxy) is 1. The summed E-state index contributed by atoms with van der Waals surface area (Å²) < 4.78 is 5.62. The molecule has 0 amide bonds. The summed E-state index contributed by atoms with van der Waals surface area (Å²) in [5.74, 6) is 1.60. The van der Waals surface area contributed by atoms with Crippen molar-refractivity contribution < 1.29 is 4.74 Å². The van der Waals surface area contributed by atoms with Gasteiger partial charge in [0.1, 0.15) is 5.75 Å². The minimum Gasteiger partial charge on any atom is -0.494 e. The van der Waals surface area contributed by atoms with Crippen LogP contribution in [-0.2, 0) is 0 Å². The summed E-state index contributed by atoms with van der Waals surface area (Å²) in [7, 11) is 0. The lowest BCUT2D eigenvalue weighted by atomic mass is 10.3. The SMILES string of the molecule is CCCOc1cccc(Nc2nc3ccccc3[nH]2)c1. The van der Waals surface area contributed by atoms with Gasteiger partial charge in [-0.25, -0.2) is 4.98 Å². The van der Waals surface area contributed by atoms with E-state index in [1.807, 2.05) is 48.5 Å². The van der Waals surface area contributed by atoms with Crippen LogP contribution in [0.3, 0.4) is 0 Å². The van der Waals surface area contributed by atoms with Crippen LogP contribution in [0.15, 0.2) is 48.5 Å². The molecule has 20 heavy (non-hydrogen) atoms. The summed E-state index contributed by atoms with van der Waals surface area (Å²) in [4.78, 5) is 7.74. The molecule has 0 spiro atoms. The fraction of sp³-hybridized carbons (Fsp3) is 0.188. The first-order valence-corrected chi connectivity index (χ1v) is 6.80. The van der Waals surface area contributed by atoms with Gasteiger partial charge >= 0.3 is 0 Å². The number of rotatable bonds is 5. The standard InChI is InChI=1S/C16H17N3O/c1-2-10-20-13-7-5-6-12(11-13)17-16-18-14-8-3-4-9-15(14)19-16/h3-9,11H,2,10H2,1H3,(H2,17,18,19). The number of aromatic amines is 1. The van der Waals surface area contributed by atoms with Crippen molar-refractivity contribution in [2.45, 2.75) is 13.3 Å². The Labute approximate surface area is 117 Å². The Bertz CT molecular complexity index is 673. The van der Waals surface area contributed by atoms with Gasteiger partial charge < -0.3 is 15.0 Å². The zero-order valence-electron chi connectivity index (χ0n) is 11.4. The molecule has 3 rings (SSSR count). The molecule has 0 unspecified atom stereocenters. The van der Waals surface area contributed by atoms with E-state index in [0.29, 0.717) is 0 Å². The van der Waals surface area contributed by atoms with E-state index in [4.69, 9.17) is 4.74 Å². The maximum atomic E-state index is 5.62. The Hall–Kier alpha value is -2.49. The zero-order chi connectivity index (χ0) is 13.8. The lowest BCUT2D eigenvalue weighted by Crippen LogP contribution is -1.96. The average molecular weight is 267 g/mol. The molecule has 0 radical (unpaired) electrons. The lowest BCUT2D eigenvalue weighted by Gasteiger charge is -2.07. The van der Waals surface area contributed by atoms with Gasteiger partial charge in [-0.1, -0.05) is 25.1 Å². The molecule has 3 aromatic rings.